The number of aryl methyl sites for hydroxylation is 1. The number of alkyl halides is 3. The number of hydrogen-bond acceptors (Lipinski definition) is 2. The van der Waals surface area contributed by atoms with Gasteiger partial charge in [0.05, 0.1) is 24.9 Å². The van der Waals surface area contributed by atoms with Crippen LogP contribution in [0.15, 0.2) is 42.7 Å². The molecule has 1 atom stereocenters. The van der Waals surface area contributed by atoms with Crippen molar-refractivity contribution in [3.8, 4) is 5.75 Å². The van der Waals surface area contributed by atoms with Crippen LogP contribution in [-0.2, 0) is 12.7 Å². The molecule has 2 heterocycles. The highest BCUT2D eigenvalue weighted by atomic mass is 19.4. The minimum absolute atomic E-state index is 0.0390. The normalized spacial score (nSPS) is 12.8. The van der Waals surface area contributed by atoms with Gasteiger partial charge in [-0.15, -0.1) is 0 Å². The first-order valence-electron chi connectivity index (χ1n) is 7.95. The zero-order chi connectivity index (χ0) is 18.9. The van der Waals surface area contributed by atoms with Crippen LogP contribution in [-0.4, -0.2) is 15.7 Å². The largest absolute Gasteiger partial charge is 0.487 e. The molecular weight excluding hydrogens is 343 g/mol. The van der Waals surface area contributed by atoms with E-state index in [0.717, 1.165) is 0 Å². The van der Waals surface area contributed by atoms with Crippen LogP contribution >= 0.6 is 0 Å². The van der Waals surface area contributed by atoms with Gasteiger partial charge in [-0.25, -0.2) is 4.85 Å². The van der Waals surface area contributed by atoms with Gasteiger partial charge in [0.15, 0.2) is 5.69 Å². The van der Waals surface area contributed by atoms with E-state index < -0.39 is 11.7 Å². The molecular formula is C19H16F3N3O. The standard InChI is InChI=1S/C19H16F3N3O/c1-12-9-15-17(7-6-16(23-3)18(15)19(20,21)22)25(12)11-13(2)26-14-5-4-8-24-10-14/h4-10,13H,11H2,1-2H3. The van der Waals surface area contributed by atoms with Crippen molar-refractivity contribution < 1.29 is 17.9 Å². The van der Waals surface area contributed by atoms with Gasteiger partial charge >= 0.3 is 6.18 Å². The van der Waals surface area contributed by atoms with Gasteiger partial charge < -0.3 is 9.30 Å². The number of rotatable bonds is 4. The van der Waals surface area contributed by atoms with Gasteiger partial charge in [-0.2, -0.15) is 13.2 Å². The molecule has 0 saturated heterocycles. The summed E-state index contributed by atoms with van der Waals surface area (Å²) in [4.78, 5) is 7.01. The molecule has 1 unspecified atom stereocenters. The summed E-state index contributed by atoms with van der Waals surface area (Å²) in [7, 11) is 0. The Morgan fingerprint density at radius 1 is 1.31 bits per heavy atom. The predicted octanol–water partition coefficient (Wildman–Crippen LogP) is 5.38. The molecule has 7 heteroatoms. The Morgan fingerprint density at radius 3 is 2.69 bits per heavy atom. The van der Waals surface area contributed by atoms with Crippen molar-refractivity contribution in [2.24, 2.45) is 0 Å². The Labute approximate surface area is 148 Å². The van der Waals surface area contributed by atoms with Crippen molar-refractivity contribution in [2.45, 2.75) is 32.7 Å². The third-order valence-corrected chi connectivity index (χ3v) is 4.09. The zero-order valence-corrected chi connectivity index (χ0v) is 14.2. The van der Waals surface area contributed by atoms with E-state index in [1.54, 1.807) is 42.1 Å². The van der Waals surface area contributed by atoms with Crippen molar-refractivity contribution >= 4 is 16.6 Å². The monoisotopic (exact) mass is 359 g/mol. The predicted molar refractivity (Wildman–Crippen MR) is 92.3 cm³/mol. The van der Waals surface area contributed by atoms with E-state index in [-0.39, 0.29) is 17.2 Å². The maximum absolute atomic E-state index is 13.5. The average Bonchev–Trinajstić information content (AvgIpc) is 2.89. The van der Waals surface area contributed by atoms with Crippen molar-refractivity contribution in [1.29, 1.82) is 0 Å². The van der Waals surface area contributed by atoms with Crippen molar-refractivity contribution in [2.75, 3.05) is 0 Å². The SMILES string of the molecule is [C-]#[N+]c1ccc2c(cc(C)n2CC(C)Oc2cccnc2)c1C(F)(F)F. The van der Waals surface area contributed by atoms with Crippen LogP contribution in [0.3, 0.4) is 0 Å². The summed E-state index contributed by atoms with van der Waals surface area (Å²) >= 11 is 0. The lowest BCUT2D eigenvalue weighted by molar-refractivity contribution is -0.135. The first kappa shape index (κ1) is 17.8. The smallest absolute Gasteiger partial charge is 0.408 e. The van der Waals surface area contributed by atoms with Crippen LogP contribution in [0.25, 0.3) is 15.7 Å². The number of halogens is 3. The fraction of sp³-hybridized carbons (Fsp3) is 0.263. The summed E-state index contributed by atoms with van der Waals surface area (Å²) in [6.07, 6.45) is -1.64. The lowest BCUT2D eigenvalue weighted by atomic mass is 10.1. The Hall–Kier alpha value is -3.01. The van der Waals surface area contributed by atoms with Gasteiger partial charge in [0.2, 0.25) is 0 Å². The zero-order valence-electron chi connectivity index (χ0n) is 14.2. The van der Waals surface area contributed by atoms with Crippen molar-refractivity contribution in [3.05, 3.63) is 65.4 Å². The second-order valence-corrected chi connectivity index (χ2v) is 6.02. The number of pyridine rings is 1. The summed E-state index contributed by atoms with van der Waals surface area (Å²) in [5, 5.41) is 0.0390. The van der Waals surface area contributed by atoms with Crippen LogP contribution in [0.5, 0.6) is 5.75 Å². The molecule has 1 aromatic carbocycles. The van der Waals surface area contributed by atoms with E-state index >= 15 is 0 Å². The topological polar surface area (TPSA) is 31.4 Å². The van der Waals surface area contributed by atoms with Gasteiger partial charge in [0, 0.05) is 22.8 Å². The van der Waals surface area contributed by atoms with Crippen LogP contribution in [0, 0.1) is 13.5 Å². The van der Waals surface area contributed by atoms with E-state index in [9.17, 15) is 13.2 Å². The molecule has 0 radical (unpaired) electrons. The Morgan fingerprint density at radius 2 is 2.08 bits per heavy atom. The number of aromatic nitrogens is 2. The summed E-state index contributed by atoms with van der Waals surface area (Å²) < 4.78 is 48.0. The maximum Gasteiger partial charge on any atom is 0.408 e. The Kier molecular flexibility index (Phi) is 4.60. The fourth-order valence-corrected chi connectivity index (χ4v) is 3.03. The maximum atomic E-state index is 13.5. The first-order chi connectivity index (χ1) is 12.3. The number of benzene rings is 1. The van der Waals surface area contributed by atoms with E-state index in [1.165, 1.54) is 12.1 Å². The van der Waals surface area contributed by atoms with Gasteiger partial charge in [0.25, 0.3) is 0 Å². The third kappa shape index (κ3) is 3.36. The van der Waals surface area contributed by atoms with Crippen molar-refractivity contribution in [1.82, 2.24) is 9.55 Å². The summed E-state index contributed by atoms with van der Waals surface area (Å²) in [5.41, 5.74) is -0.160. The van der Waals surface area contributed by atoms with E-state index in [0.29, 0.717) is 23.5 Å². The minimum atomic E-state index is -4.59. The fourth-order valence-electron chi connectivity index (χ4n) is 3.03. The van der Waals surface area contributed by atoms with Gasteiger partial charge in [-0.1, -0.05) is 6.07 Å². The minimum Gasteiger partial charge on any atom is -0.487 e. The molecule has 2 aromatic heterocycles. The van der Waals surface area contributed by atoms with E-state index in [2.05, 4.69) is 9.83 Å². The number of fused-ring (bicyclic) bond motifs is 1. The lowest BCUT2D eigenvalue weighted by Crippen LogP contribution is -2.20. The van der Waals surface area contributed by atoms with Crippen LogP contribution < -0.4 is 4.74 Å². The average molecular weight is 359 g/mol. The molecule has 3 rings (SSSR count). The molecule has 3 aromatic rings. The Balaban J connectivity index is 2.00. The highest BCUT2D eigenvalue weighted by molar-refractivity contribution is 5.90. The molecule has 0 bridgehead atoms. The number of hydrogen-bond donors (Lipinski definition) is 0. The van der Waals surface area contributed by atoms with Gasteiger partial charge in [-0.3, -0.25) is 4.98 Å². The molecule has 0 amide bonds. The molecule has 0 aliphatic rings. The summed E-state index contributed by atoms with van der Waals surface area (Å²) in [6.45, 7) is 11.0. The van der Waals surface area contributed by atoms with Crippen LogP contribution in [0.1, 0.15) is 18.2 Å². The van der Waals surface area contributed by atoms with Crippen LogP contribution in [0.2, 0.25) is 0 Å². The van der Waals surface area contributed by atoms with Gasteiger partial charge in [0.1, 0.15) is 11.9 Å². The highest BCUT2D eigenvalue weighted by Crippen LogP contribution is 2.42. The molecule has 0 aliphatic carbocycles. The molecule has 4 nitrogen and oxygen atoms in total. The third-order valence-electron chi connectivity index (χ3n) is 4.09. The van der Waals surface area contributed by atoms with E-state index in [1.807, 2.05) is 6.92 Å². The van der Waals surface area contributed by atoms with Gasteiger partial charge in [-0.05, 0) is 38.1 Å². The molecule has 26 heavy (non-hydrogen) atoms. The second kappa shape index (κ2) is 6.71. The van der Waals surface area contributed by atoms with Crippen molar-refractivity contribution in [3.63, 3.8) is 0 Å². The summed E-state index contributed by atoms with van der Waals surface area (Å²) in [6, 6.07) is 7.78. The highest BCUT2D eigenvalue weighted by Gasteiger charge is 2.36. The van der Waals surface area contributed by atoms with Crippen LogP contribution in [0.4, 0.5) is 18.9 Å². The van der Waals surface area contributed by atoms with E-state index in [4.69, 9.17) is 11.3 Å². The molecule has 0 aliphatic heterocycles. The lowest BCUT2D eigenvalue weighted by Gasteiger charge is -2.18. The molecule has 134 valence electrons. The molecule has 0 saturated carbocycles. The number of nitrogens with zero attached hydrogens (tertiary/aromatic N) is 3. The Bertz CT molecular complexity index is 972. The first-order valence-corrected chi connectivity index (χ1v) is 7.95. The second-order valence-electron chi connectivity index (χ2n) is 6.02. The molecule has 0 spiro atoms. The quantitative estimate of drug-likeness (QED) is 0.586. The summed E-state index contributed by atoms with van der Waals surface area (Å²) in [5.74, 6) is 0.598. The molecule has 0 N–H and O–H groups in total. The number of ether oxygens (including phenoxy) is 1. The molecule has 0 fully saturated rings.